The highest BCUT2D eigenvalue weighted by atomic mass is 16.3. The van der Waals surface area contributed by atoms with E-state index in [-0.39, 0.29) is 11.5 Å². The maximum Gasteiger partial charge on any atom is 0.193 e. The monoisotopic (exact) mass is 371 g/mol. The van der Waals surface area contributed by atoms with Gasteiger partial charge in [-0.25, -0.2) is 0 Å². The van der Waals surface area contributed by atoms with Gasteiger partial charge >= 0.3 is 0 Å². The van der Waals surface area contributed by atoms with E-state index in [1.54, 1.807) is 12.4 Å². The van der Waals surface area contributed by atoms with E-state index in [0.29, 0.717) is 22.4 Å². The summed E-state index contributed by atoms with van der Waals surface area (Å²) < 4.78 is 6.20. The van der Waals surface area contributed by atoms with Crippen molar-refractivity contribution in [3.05, 3.63) is 88.3 Å². The molecular weight excluding hydrogens is 350 g/mol. The van der Waals surface area contributed by atoms with Gasteiger partial charge < -0.3 is 15.5 Å². The van der Waals surface area contributed by atoms with E-state index in [9.17, 15) is 4.79 Å². The first-order valence-electron chi connectivity index (χ1n) is 9.13. The van der Waals surface area contributed by atoms with Gasteiger partial charge in [0.15, 0.2) is 5.43 Å². The summed E-state index contributed by atoms with van der Waals surface area (Å²) in [6, 6.07) is 16.6. The van der Waals surface area contributed by atoms with Gasteiger partial charge in [0, 0.05) is 29.6 Å². The van der Waals surface area contributed by atoms with Crippen molar-refractivity contribution in [2.24, 2.45) is 0 Å². The van der Waals surface area contributed by atoms with Gasteiger partial charge in [0.25, 0.3) is 0 Å². The minimum Gasteiger partial charge on any atom is -0.455 e. The van der Waals surface area contributed by atoms with Crippen LogP contribution in [0.15, 0.2) is 76.2 Å². The zero-order valence-electron chi connectivity index (χ0n) is 15.8. The Morgan fingerprint density at radius 3 is 2.57 bits per heavy atom. The Morgan fingerprint density at radius 2 is 1.82 bits per heavy atom. The molecule has 0 saturated heterocycles. The average molecular weight is 371 g/mol. The Labute approximate surface area is 162 Å². The average Bonchev–Trinajstić information content (AvgIpc) is 2.70. The number of para-hydroxylation sites is 2. The van der Waals surface area contributed by atoms with Crippen LogP contribution < -0.4 is 16.5 Å². The summed E-state index contributed by atoms with van der Waals surface area (Å²) in [5, 5.41) is 4.00. The van der Waals surface area contributed by atoms with Crippen LogP contribution in [0, 0.1) is 6.92 Å². The van der Waals surface area contributed by atoms with Crippen molar-refractivity contribution in [3.63, 3.8) is 0 Å². The number of hydrogen-bond donors (Lipinski definition) is 2. The second-order valence-electron chi connectivity index (χ2n) is 6.89. The van der Waals surface area contributed by atoms with E-state index < -0.39 is 0 Å². The van der Waals surface area contributed by atoms with E-state index >= 15 is 0 Å². The summed E-state index contributed by atoms with van der Waals surface area (Å²) in [4.78, 5) is 16.8. The number of nitrogen functional groups attached to an aromatic ring is 1. The summed E-state index contributed by atoms with van der Waals surface area (Å²) in [5.41, 5.74) is 10.8. The molecule has 2 aromatic carbocycles. The maximum absolute atomic E-state index is 12.8. The van der Waals surface area contributed by atoms with Crippen LogP contribution in [0.3, 0.4) is 0 Å². The molecule has 0 bridgehead atoms. The molecule has 28 heavy (non-hydrogen) atoms. The van der Waals surface area contributed by atoms with Gasteiger partial charge in [-0.2, -0.15) is 0 Å². The SMILES string of the molecule is Cc1cc(C(C)Nc2ccccc2N)c2oc(-c3ccncc3)cc(=O)c2c1. The van der Waals surface area contributed by atoms with Crippen LogP contribution in [-0.2, 0) is 0 Å². The number of fused-ring (bicyclic) bond motifs is 1. The second-order valence-corrected chi connectivity index (χ2v) is 6.89. The van der Waals surface area contributed by atoms with Crippen molar-refractivity contribution >= 4 is 22.3 Å². The second kappa shape index (κ2) is 7.19. The van der Waals surface area contributed by atoms with Crippen LogP contribution >= 0.6 is 0 Å². The molecule has 3 N–H and O–H groups in total. The highest BCUT2D eigenvalue weighted by Gasteiger charge is 2.16. The van der Waals surface area contributed by atoms with E-state index in [1.165, 1.54) is 6.07 Å². The Kier molecular flexibility index (Phi) is 4.57. The van der Waals surface area contributed by atoms with Crippen molar-refractivity contribution in [2.45, 2.75) is 19.9 Å². The molecule has 2 heterocycles. The molecule has 0 aliphatic carbocycles. The molecule has 5 heteroatoms. The fraction of sp³-hybridized carbons (Fsp3) is 0.130. The molecule has 1 atom stereocenters. The first kappa shape index (κ1) is 17.8. The third-order valence-corrected chi connectivity index (χ3v) is 4.77. The molecule has 0 saturated carbocycles. The van der Waals surface area contributed by atoms with Crippen molar-refractivity contribution in [1.29, 1.82) is 0 Å². The van der Waals surface area contributed by atoms with Crippen LogP contribution in [0.5, 0.6) is 0 Å². The van der Waals surface area contributed by atoms with Gasteiger partial charge in [-0.15, -0.1) is 0 Å². The highest BCUT2D eigenvalue weighted by Crippen LogP contribution is 2.31. The molecular formula is C23H21N3O2. The molecule has 0 amide bonds. The van der Waals surface area contributed by atoms with Crippen LogP contribution in [0.2, 0.25) is 0 Å². The van der Waals surface area contributed by atoms with E-state index in [0.717, 1.165) is 22.4 Å². The summed E-state index contributed by atoms with van der Waals surface area (Å²) in [5.74, 6) is 0.524. The summed E-state index contributed by atoms with van der Waals surface area (Å²) >= 11 is 0. The molecule has 1 unspecified atom stereocenters. The molecule has 2 aromatic heterocycles. The summed E-state index contributed by atoms with van der Waals surface area (Å²) in [6.45, 7) is 4.00. The molecule has 0 aliphatic heterocycles. The van der Waals surface area contributed by atoms with Crippen LogP contribution in [0.25, 0.3) is 22.3 Å². The number of anilines is 2. The first-order chi connectivity index (χ1) is 13.5. The van der Waals surface area contributed by atoms with Crippen molar-refractivity contribution in [3.8, 4) is 11.3 Å². The van der Waals surface area contributed by atoms with Crippen molar-refractivity contribution in [2.75, 3.05) is 11.1 Å². The summed E-state index contributed by atoms with van der Waals surface area (Å²) in [7, 11) is 0. The zero-order chi connectivity index (χ0) is 19.7. The minimum atomic E-state index is -0.108. The lowest BCUT2D eigenvalue weighted by Crippen LogP contribution is -2.11. The Balaban J connectivity index is 1.86. The van der Waals surface area contributed by atoms with Crippen LogP contribution in [-0.4, -0.2) is 4.98 Å². The van der Waals surface area contributed by atoms with E-state index in [1.807, 2.05) is 62.4 Å². The zero-order valence-corrected chi connectivity index (χ0v) is 15.8. The van der Waals surface area contributed by atoms with E-state index in [4.69, 9.17) is 10.2 Å². The lowest BCUT2D eigenvalue weighted by Gasteiger charge is -2.19. The molecule has 4 rings (SSSR count). The number of benzene rings is 2. The third-order valence-electron chi connectivity index (χ3n) is 4.77. The Bertz CT molecular complexity index is 1200. The Hall–Kier alpha value is -3.60. The van der Waals surface area contributed by atoms with Crippen LogP contribution in [0.1, 0.15) is 24.1 Å². The third kappa shape index (κ3) is 3.34. The molecule has 0 aliphatic rings. The smallest absolute Gasteiger partial charge is 0.193 e. The fourth-order valence-corrected chi connectivity index (χ4v) is 3.35. The molecule has 5 nitrogen and oxygen atoms in total. The molecule has 4 aromatic rings. The minimum absolute atomic E-state index is 0.0653. The lowest BCUT2D eigenvalue weighted by molar-refractivity contribution is 0.610. The van der Waals surface area contributed by atoms with Crippen LogP contribution in [0.4, 0.5) is 11.4 Å². The van der Waals surface area contributed by atoms with Gasteiger partial charge in [-0.1, -0.05) is 18.2 Å². The number of rotatable bonds is 4. The van der Waals surface area contributed by atoms with Gasteiger partial charge in [0.1, 0.15) is 11.3 Å². The van der Waals surface area contributed by atoms with Gasteiger partial charge in [-0.3, -0.25) is 9.78 Å². The first-order valence-corrected chi connectivity index (χ1v) is 9.13. The Morgan fingerprint density at radius 1 is 1.07 bits per heavy atom. The summed E-state index contributed by atoms with van der Waals surface area (Å²) in [6.07, 6.45) is 3.36. The quantitative estimate of drug-likeness (QED) is 0.498. The molecule has 0 radical (unpaired) electrons. The topological polar surface area (TPSA) is 81.2 Å². The molecule has 140 valence electrons. The number of aryl methyl sites for hydroxylation is 1. The number of hydrogen-bond acceptors (Lipinski definition) is 5. The van der Waals surface area contributed by atoms with Crippen molar-refractivity contribution in [1.82, 2.24) is 4.98 Å². The molecule has 0 fully saturated rings. The highest BCUT2D eigenvalue weighted by molar-refractivity contribution is 5.83. The molecule has 0 spiro atoms. The fourth-order valence-electron chi connectivity index (χ4n) is 3.35. The van der Waals surface area contributed by atoms with Crippen molar-refractivity contribution < 1.29 is 4.42 Å². The van der Waals surface area contributed by atoms with Gasteiger partial charge in [-0.05, 0) is 49.7 Å². The number of pyridine rings is 1. The predicted molar refractivity (Wildman–Crippen MR) is 113 cm³/mol. The lowest BCUT2D eigenvalue weighted by atomic mass is 10.0. The number of nitrogens with two attached hydrogens (primary N) is 1. The maximum atomic E-state index is 12.8. The van der Waals surface area contributed by atoms with E-state index in [2.05, 4.69) is 10.3 Å². The number of aromatic nitrogens is 1. The van der Waals surface area contributed by atoms with Gasteiger partial charge in [0.05, 0.1) is 22.8 Å². The van der Waals surface area contributed by atoms with Gasteiger partial charge in [0.2, 0.25) is 0 Å². The predicted octanol–water partition coefficient (Wildman–Crippen LogP) is 4.92. The number of nitrogens with one attached hydrogen (secondary N) is 1. The largest absolute Gasteiger partial charge is 0.455 e. The standard InChI is InChI=1S/C23H21N3O2/c1-14-11-17(15(2)26-20-6-4-3-5-19(20)24)23-18(12-14)21(27)13-22(28-23)16-7-9-25-10-8-16/h3-13,15,26H,24H2,1-2H3. The number of nitrogens with zero attached hydrogens (tertiary/aromatic N) is 1. The normalized spacial score (nSPS) is 12.1.